The zero-order chi connectivity index (χ0) is 24.9. The molecule has 2 heterocycles. The highest BCUT2D eigenvalue weighted by molar-refractivity contribution is 5.82. The topological polar surface area (TPSA) is 123 Å². The normalized spacial score (nSPS) is 13.5. The first kappa shape index (κ1) is 23.3. The molecule has 0 spiro atoms. The van der Waals surface area contributed by atoms with E-state index in [1.807, 2.05) is 70.4 Å². The molecule has 2 aromatic heterocycles. The van der Waals surface area contributed by atoms with Crippen LogP contribution in [0.25, 0.3) is 5.69 Å². The fraction of sp³-hybridized carbons (Fsp3) is 0.231. The maximum atomic E-state index is 15.5. The Morgan fingerprint density at radius 3 is 2.44 bits per heavy atom. The molecule has 4 aromatic rings. The molecule has 36 heavy (non-hydrogen) atoms. The van der Waals surface area contributed by atoms with Crippen LogP contribution in [0.5, 0.6) is 0 Å². The Hall–Kier alpha value is -4.47. The predicted molar refractivity (Wildman–Crippen MR) is 138 cm³/mol. The van der Waals surface area contributed by atoms with E-state index in [1.165, 1.54) is 6.33 Å². The van der Waals surface area contributed by atoms with E-state index in [0.29, 0.717) is 31.2 Å². The molecule has 5 rings (SSSR count). The maximum Gasteiger partial charge on any atom is 0.207 e. The fourth-order valence-corrected chi connectivity index (χ4v) is 4.04. The summed E-state index contributed by atoms with van der Waals surface area (Å²) in [6, 6.07) is 18.1. The molecule has 0 aliphatic heterocycles. The third kappa shape index (κ3) is 5.43. The highest BCUT2D eigenvalue weighted by Crippen LogP contribution is 2.34. The van der Waals surface area contributed by atoms with E-state index in [4.69, 9.17) is 11.6 Å². The summed E-state index contributed by atoms with van der Waals surface area (Å²) in [6.45, 7) is 0.987. The molecule has 1 aliphatic carbocycles. The Bertz CT molecular complexity index is 1310. The molecular formula is C26H28FN9. The van der Waals surface area contributed by atoms with E-state index in [9.17, 15) is 0 Å². The molecule has 0 atom stereocenters. The lowest BCUT2D eigenvalue weighted by molar-refractivity contribution is 0.601. The van der Waals surface area contributed by atoms with Crippen LogP contribution < -0.4 is 21.8 Å². The van der Waals surface area contributed by atoms with Crippen molar-refractivity contribution in [1.82, 2.24) is 19.7 Å². The van der Waals surface area contributed by atoms with Crippen LogP contribution in [0.15, 0.2) is 78.4 Å². The van der Waals surface area contributed by atoms with Crippen molar-refractivity contribution >= 4 is 17.5 Å². The minimum Gasteiger partial charge on any atom is -0.385 e. The number of nitrogens with one attached hydrogen (secondary N) is 1. The van der Waals surface area contributed by atoms with Crippen molar-refractivity contribution in [3.63, 3.8) is 0 Å². The van der Waals surface area contributed by atoms with Gasteiger partial charge >= 0.3 is 0 Å². The van der Waals surface area contributed by atoms with Crippen LogP contribution in [0.1, 0.15) is 29.5 Å². The predicted octanol–water partition coefficient (Wildman–Crippen LogP) is 3.36. The zero-order valence-electron chi connectivity index (χ0n) is 19.8. The highest BCUT2D eigenvalue weighted by Gasteiger charge is 2.32. The summed E-state index contributed by atoms with van der Waals surface area (Å²) in [5.74, 6) is 5.62. The van der Waals surface area contributed by atoms with Gasteiger partial charge in [-0.2, -0.15) is 14.6 Å². The van der Waals surface area contributed by atoms with Gasteiger partial charge in [0.25, 0.3) is 0 Å². The van der Waals surface area contributed by atoms with Crippen molar-refractivity contribution in [3.05, 3.63) is 95.8 Å². The van der Waals surface area contributed by atoms with Gasteiger partial charge in [-0.15, -0.1) is 0 Å². The lowest BCUT2D eigenvalue weighted by atomic mass is 10.1. The molecular weight excluding hydrogens is 457 g/mol. The van der Waals surface area contributed by atoms with Gasteiger partial charge in [-0.05, 0) is 47.7 Å². The second kappa shape index (κ2) is 10.4. The van der Waals surface area contributed by atoms with Crippen LogP contribution in [0, 0.1) is 5.82 Å². The smallest absolute Gasteiger partial charge is 0.207 e. The molecule has 0 radical (unpaired) electrons. The molecule has 2 aromatic carbocycles. The summed E-state index contributed by atoms with van der Waals surface area (Å²) in [4.78, 5) is 10.5. The van der Waals surface area contributed by atoms with Crippen LogP contribution in [0.2, 0.25) is 0 Å². The molecule has 1 aliphatic rings. The quantitative estimate of drug-likeness (QED) is 0.136. The highest BCUT2D eigenvalue weighted by atomic mass is 19.1. The van der Waals surface area contributed by atoms with Crippen LogP contribution in [0.4, 0.5) is 16.0 Å². The molecule has 0 saturated heterocycles. The molecule has 1 fully saturated rings. The Morgan fingerprint density at radius 2 is 1.78 bits per heavy atom. The van der Waals surface area contributed by atoms with Gasteiger partial charge in [-0.25, -0.2) is 14.6 Å². The van der Waals surface area contributed by atoms with Crippen molar-refractivity contribution < 1.29 is 4.39 Å². The number of hydrogen-bond acceptors (Lipinski definition) is 7. The van der Waals surface area contributed by atoms with E-state index >= 15 is 4.39 Å². The number of benzene rings is 2. The van der Waals surface area contributed by atoms with Crippen LogP contribution in [0.3, 0.4) is 0 Å². The minimum atomic E-state index is -0.443. The number of rotatable bonds is 10. The number of amidine groups is 1. The molecule has 1 saturated carbocycles. The van der Waals surface area contributed by atoms with Crippen molar-refractivity contribution in [2.75, 3.05) is 10.2 Å². The third-order valence-electron chi connectivity index (χ3n) is 6.12. The Balaban J connectivity index is 1.28. The number of hydrogen-bond donors (Lipinski definition) is 3. The van der Waals surface area contributed by atoms with Gasteiger partial charge in [0, 0.05) is 37.9 Å². The molecule has 0 bridgehead atoms. The monoisotopic (exact) mass is 485 g/mol. The van der Waals surface area contributed by atoms with Gasteiger partial charge < -0.3 is 21.8 Å². The minimum absolute atomic E-state index is 0.184. The Labute approximate surface area is 208 Å². The van der Waals surface area contributed by atoms with Gasteiger partial charge in [-0.1, -0.05) is 36.4 Å². The molecule has 0 unspecified atom stereocenters. The molecule has 10 heteroatoms. The van der Waals surface area contributed by atoms with Crippen LogP contribution >= 0.6 is 0 Å². The Morgan fingerprint density at radius 1 is 1.06 bits per heavy atom. The van der Waals surface area contributed by atoms with E-state index in [0.717, 1.165) is 35.2 Å². The van der Waals surface area contributed by atoms with Crippen LogP contribution in [-0.2, 0) is 19.5 Å². The van der Waals surface area contributed by atoms with E-state index in [1.54, 1.807) is 6.20 Å². The van der Waals surface area contributed by atoms with E-state index in [2.05, 4.69) is 25.5 Å². The van der Waals surface area contributed by atoms with Gasteiger partial charge in [0.05, 0.1) is 5.69 Å². The summed E-state index contributed by atoms with van der Waals surface area (Å²) < 4.78 is 17.3. The van der Waals surface area contributed by atoms with Gasteiger partial charge in [-0.3, -0.25) is 0 Å². The number of aromatic nitrogens is 4. The van der Waals surface area contributed by atoms with Crippen molar-refractivity contribution in [3.8, 4) is 5.69 Å². The van der Waals surface area contributed by atoms with Gasteiger partial charge in [0.2, 0.25) is 5.82 Å². The number of halogens is 1. The average Bonchev–Trinajstić information content (AvgIpc) is 3.60. The fourth-order valence-electron chi connectivity index (χ4n) is 4.04. The molecule has 9 nitrogen and oxygen atoms in total. The van der Waals surface area contributed by atoms with E-state index < -0.39 is 5.82 Å². The SMILES string of the molecule is NN=C(N)Cc1ccc(CNc2ncnc(N(Cc3ccc(-n4cccn4)cc3)C3CC3)c2F)cc1. The average molecular weight is 486 g/mol. The summed E-state index contributed by atoms with van der Waals surface area (Å²) >= 11 is 0. The standard InChI is InChI=1S/C26H28FN9/c27-24-25(30-15-19-4-2-18(3-5-19)14-23(28)34-29)31-17-32-26(24)35(21-10-11-21)16-20-6-8-22(9-7-20)36-13-1-12-33-36/h1-9,12-13,17,21H,10-11,14-16,29H2,(H2,28,34)(H,30,31,32). The van der Waals surface area contributed by atoms with Crippen LogP contribution in [-0.4, -0.2) is 31.6 Å². The number of nitrogens with zero attached hydrogens (tertiary/aromatic N) is 6. The summed E-state index contributed by atoms with van der Waals surface area (Å²) in [7, 11) is 0. The van der Waals surface area contributed by atoms with Crippen molar-refractivity contribution in [2.45, 2.75) is 38.4 Å². The van der Waals surface area contributed by atoms with Gasteiger partial charge in [0.15, 0.2) is 11.6 Å². The number of hydrazone groups is 1. The second-order valence-corrected chi connectivity index (χ2v) is 8.80. The summed E-state index contributed by atoms with van der Waals surface area (Å²) in [5.41, 5.74) is 9.72. The first-order valence-electron chi connectivity index (χ1n) is 11.8. The van der Waals surface area contributed by atoms with Gasteiger partial charge in [0.1, 0.15) is 12.2 Å². The van der Waals surface area contributed by atoms with E-state index in [-0.39, 0.29) is 11.9 Å². The largest absolute Gasteiger partial charge is 0.385 e. The third-order valence-corrected chi connectivity index (χ3v) is 6.12. The second-order valence-electron chi connectivity index (χ2n) is 8.80. The number of nitrogens with two attached hydrogens (primary N) is 2. The summed E-state index contributed by atoms with van der Waals surface area (Å²) in [5, 5.41) is 10.9. The first-order chi connectivity index (χ1) is 17.6. The lowest BCUT2D eigenvalue weighted by Crippen LogP contribution is -2.27. The zero-order valence-corrected chi connectivity index (χ0v) is 19.8. The Kier molecular flexibility index (Phi) is 6.74. The summed E-state index contributed by atoms with van der Waals surface area (Å²) in [6.07, 6.45) is 7.58. The van der Waals surface area contributed by atoms with Crippen molar-refractivity contribution in [1.29, 1.82) is 0 Å². The maximum absolute atomic E-state index is 15.5. The first-order valence-corrected chi connectivity index (χ1v) is 11.8. The molecule has 184 valence electrons. The number of anilines is 2. The lowest BCUT2D eigenvalue weighted by Gasteiger charge is -2.24. The molecule has 0 amide bonds. The molecule has 5 N–H and O–H groups in total. The van der Waals surface area contributed by atoms with Crippen molar-refractivity contribution in [2.24, 2.45) is 16.7 Å².